The van der Waals surface area contributed by atoms with Gasteiger partial charge in [-0.1, -0.05) is 35.9 Å². The molecule has 0 saturated heterocycles. The molecule has 2 aromatic carbocycles. The SMILES string of the molecule is COc1cccc(CCNCCOc2ccccc2Cl)c1OC. The second-order valence-electron chi connectivity index (χ2n) is 4.93. The van der Waals surface area contributed by atoms with Gasteiger partial charge in [0.2, 0.25) is 0 Å². The quantitative estimate of drug-likeness (QED) is 0.711. The summed E-state index contributed by atoms with van der Waals surface area (Å²) in [5.74, 6) is 2.27. The van der Waals surface area contributed by atoms with E-state index in [2.05, 4.69) is 5.32 Å². The molecule has 0 fully saturated rings. The maximum Gasteiger partial charge on any atom is 0.163 e. The molecule has 5 heteroatoms. The van der Waals surface area contributed by atoms with Crippen molar-refractivity contribution in [3.8, 4) is 17.2 Å². The Balaban J connectivity index is 1.73. The number of nitrogens with one attached hydrogen (secondary N) is 1. The Morgan fingerprint density at radius 3 is 2.43 bits per heavy atom. The van der Waals surface area contributed by atoms with E-state index in [4.69, 9.17) is 25.8 Å². The highest BCUT2D eigenvalue weighted by molar-refractivity contribution is 6.32. The molecular formula is C18H22ClNO3. The summed E-state index contributed by atoms with van der Waals surface area (Å²) < 4.78 is 16.4. The van der Waals surface area contributed by atoms with E-state index in [1.165, 1.54) is 0 Å². The van der Waals surface area contributed by atoms with Crippen LogP contribution in [0.1, 0.15) is 5.56 Å². The summed E-state index contributed by atoms with van der Waals surface area (Å²) >= 11 is 6.04. The summed E-state index contributed by atoms with van der Waals surface area (Å²) in [4.78, 5) is 0. The zero-order valence-electron chi connectivity index (χ0n) is 13.5. The van der Waals surface area contributed by atoms with Crippen LogP contribution in [0, 0.1) is 0 Å². The fourth-order valence-corrected chi connectivity index (χ4v) is 2.48. The molecule has 124 valence electrons. The van der Waals surface area contributed by atoms with Crippen LogP contribution in [-0.4, -0.2) is 33.9 Å². The van der Waals surface area contributed by atoms with Gasteiger partial charge in [0.05, 0.1) is 19.2 Å². The molecule has 4 nitrogen and oxygen atoms in total. The number of halogens is 1. The molecule has 1 N–H and O–H groups in total. The number of benzene rings is 2. The Kier molecular flexibility index (Phi) is 7.04. The Labute approximate surface area is 142 Å². The third-order valence-corrected chi connectivity index (χ3v) is 3.74. The van der Waals surface area contributed by atoms with Crippen LogP contribution in [0.3, 0.4) is 0 Å². The van der Waals surface area contributed by atoms with Gasteiger partial charge in [0.25, 0.3) is 0 Å². The standard InChI is InChI=1S/C18H22ClNO3/c1-21-17-9-5-6-14(18(17)22-2)10-11-20-12-13-23-16-8-4-3-7-15(16)19/h3-9,20H,10-13H2,1-2H3. The van der Waals surface area contributed by atoms with Crippen molar-refractivity contribution in [2.24, 2.45) is 0 Å². The fraction of sp³-hybridized carbons (Fsp3) is 0.333. The summed E-state index contributed by atoms with van der Waals surface area (Å²) in [6.45, 7) is 2.14. The first-order chi connectivity index (χ1) is 11.3. The highest BCUT2D eigenvalue weighted by atomic mass is 35.5. The predicted octanol–water partition coefficient (Wildman–Crippen LogP) is 3.57. The van der Waals surface area contributed by atoms with E-state index in [9.17, 15) is 0 Å². The predicted molar refractivity (Wildman–Crippen MR) is 93.1 cm³/mol. The second-order valence-corrected chi connectivity index (χ2v) is 5.34. The minimum absolute atomic E-state index is 0.568. The van der Waals surface area contributed by atoms with Gasteiger partial charge in [-0.05, 0) is 36.7 Å². The number of hydrogen-bond donors (Lipinski definition) is 1. The fourth-order valence-electron chi connectivity index (χ4n) is 2.29. The topological polar surface area (TPSA) is 39.7 Å². The first-order valence-corrected chi connectivity index (χ1v) is 7.92. The van der Waals surface area contributed by atoms with Gasteiger partial charge in [-0.15, -0.1) is 0 Å². The van der Waals surface area contributed by atoms with E-state index in [1.807, 2.05) is 42.5 Å². The molecule has 0 heterocycles. The van der Waals surface area contributed by atoms with Crippen LogP contribution in [0.15, 0.2) is 42.5 Å². The van der Waals surface area contributed by atoms with Gasteiger partial charge >= 0.3 is 0 Å². The van der Waals surface area contributed by atoms with Crippen LogP contribution in [0.5, 0.6) is 17.2 Å². The summed E-state index contributed by atoms with van der Waals surface area (Å²) in [7, 11) is 3.30. The molecule has 0 radical (unpaired) electrons. The molecule has 0 bridgehead atoms. The van der Waals surface area contributed by atoms with E-state index >= 15 is 0 Å². The van der Waals surface area contributed by atoms with Crippen LogP contribution in [-0.2, 0) is 6.42 Å². The smallest absolute Gasteiger partial charge is 0.163 e. The van der Waals surface area contributed by atoms with Crippen LogP contribution in [0.25, 0.3) is 0 Å². The molecule has 0 aliphatic carbocycles. The van der Waals surface area contributed by atoms with Gasteiger partial charge in [0.15, 0.2) is 11.5 Å². The Bertz CT molecular complexity index is 619. The van der Waals surface area contributed by atoms with Gasteiger partial charge in [-0.25, -0.2) is 0 Å². The maximum atomic E-state index is 6.04. The number of rotatable bonds is 9. The minimum Gasteiger partial charge on any atom is -0.493 e. The molecule has 0 atom stereocenters. The van der Waals surface area contributed by atoms with Crippen molar-refractivity contribution in [3.05, 3.63) is 53.1 Å². The van der Waals surface area contributed by atoms with Crippen molar-refractivity contribution in [1.82, 2.24) is 5.32 Å². The van der Waals surface area contributed by atoms with Crippen molar-refractivity contribution >= 4 is 11.6 Å². The Hall–Kier alpha value is -1.91. The highest BCUT2D eigenvalue weighted by Gasteiger charge is 2.08. The number of hydrogen-bond acceptors (Lipinski definition) is 4. The summed E-state index contributed by atoms with van der Waals surface area (Å²) in [5.41, 5.74) is 1.12. The van der Waals surface area contributed by atoms with Crippen LogP contribution in [0.4, 0.5) is 0 Å². The van der Waals surface area contributed by atoms with Crippen LogP contribution >= 0.6 is 11.6 Å². The van der Waals surface area contributed by atoms with Crippen molar-refractivity contribution in [2.75, 3.05) is 33.9 Å². The van der Waals surface area contributed by atoms with E-state index < -0.39 is 0 Å². The lowest BCUT2D eigenvalue weighted by atomic mass is 10.1. The van der Waals surface area contributed by atoms with E-state index in [0.29, 0.717) is 17.4 Å². The lowest BCUT2D eigenvalue weighted by molar-refractivity contribution is 0.314. The van der Waals surface area contributed by atoms with Gasteiger partial charge in [0, 0.05) is 6.54 Å². The zero-order chi connectivity index (χ0) is 16.5. The maximum absolute atomic E-state index is 6.04. The molecule has 0 aliphatic rings. The molecule has 0 aliphatic heterocycles. The minimum atomic E-state index is 0.568. The van der Waals surface area contributed by atoms with Gasteiger partial charge in [-0.2, -0.15) is 0 Å². The first-order valence-electron chi connectivity index (χ1n) is 7.54. The van der Waals surface area contributed by atoms with Crippen molar-refractivity contribution in [2.45, 2.75) is 6.42 Å². The average Bonchev–Trinajstić information content (AvgIpc) is 2.59. The van der Waals surface area contributed by atoms with Crippen LogP contribution < -0.4 is 19.5 Å². The number of methoxy groups -OCH3 is 2. The third-order valence-electron chi connectivity index (χ3n) is 3.43. The molecule has 23 heavy (non-hydrogen) atoms. The first kappa shape index (κ1) is 17.4. The highest BCUT2D eigenvalue weighted by Crippen LogP contribution is 2.30. The van der Waals surface area contributed by atoms with E-state index in [1.54, 1.807) is 14.2 Å². The lowest BCUT2D eigenvalue weighted by Gasteiger charge is -2.13. The van der Waals surface area contributed by atoms with Gasteiger partial charge in [-0.3, -0.25) is 0 Å². The van der Waals surface area contributed by atoms with E-state index in [0.717, 1.165) is 36.6 Å². The molecule has 0 spiro atoms. The molecule has 0 aromatic heterocycles. The number of para-hydroxylation sites is 2. The summed E-state index contributed by atoms with van der Waals surface area (Å²) in [6, 6.07) is 13.4. The second kappa shape index (κ2) is 9.28. The molecule has 0 unspecified atom stereocenters. The number of ether oxygens (including phenoxy) is 3. The monoisotopic (exact) mass is 335 g/mol. The van der Waals surface area contributed by atoms with E-state index in [-0.39, 0.29) is 0 Å². The van der Waals surface area contributed by atoms with Crippen molar-refractivity contribution in [1.29, 1.82) is 0 Å². The normalized spacial score (nSPS) is 10.4. The van der Waals surface area contributed by atoms with Crippen molar-refractivity contribution in [3.63, 3.8) is 0 Å². The van der Waals surface area contributed by atoms with Gasteiger partial charge < -0.3 is 19.5 Å². The zero-order valence-corrected chi connectivity index (χ0v) is 14.2. The molecule has 2 rings (SSSR count). The molecule has 0 saturated carbocycles. The third kappa shape index (κ3) is 5.05. The average molecular weight is 336 g/mol. The van der Waals surface area contributed by atoms with Crippen molar-refractivity contribution < 1.29 is 14.2 Å². The largest absolute Gasteiger partial charge is 0.493 e. The molecule has 2 aromatic rings. The Morgan fingerprint density at radius 2 is 1.70 bits per heavy atom. The van der Waals surface area contributed by atoms with Gasteiger partial charge in [0.1, 0.15) is 12.4 Å². The molecular weight excluding hydrogens is 314 g/mol. The molecule has 0 amide bonds. The summed E-state index contributed by atoms with van der Waals surface area (Å²) in [5, 5.41) is 3.98. The summed E-state index contributed by atoms with van der Waals surface area (Å²) in [6.07, 6.45) is 0.854. The lowest BCUT2D eigenvalue weighted by Crippen LogP contribution is -2.23. The van der Waals surface area contributed by atoms with Crippen LogP contribution in [0.2, 0.25) is 5.02 Å². The Morgan fingerprint density at radius 1 is 0.913 bits per heavy atom.